The SMILES string of the molecule is Cc1cc(C)n(-c2[c-]cccc2)n1.[Pt+2].[c-]1ccccc1-c1cocn1. The fourth-order valence-electron chi connectivity index (χ4n) is 2.29. The van der Waals surface area contributed by atoms with E-state index in [-0.39, 0.29) is 21.1 Å². The molecule has 5 heteroatoms. The third-order valence-corrected chi connectivity index (χ3v) is 3.35. The van der Waals surface area contributed by atoms with Crippen molar-refractivity contribution in [1.82, 2.24) is 14.8 Å². The Kier molecular flexibility index (Phi) is 6.90. The van der Waals surface area contributed by atoms with Crippen LogP contribution in [-0.2, 0) is 21.1 Å². The van der Waals surface area contributed by atoms with Crippen LogP contribution in [0.1, 0.15) is 11.4 Å². The number of rotatable bonds is 2. The molecule has 0 saturated heterocycles. The second kappa shape index (κ2) is 9.14. The van der Waals surface area contributed by atoms with Crippen molar-refractivity contribution in [1.29, 1.82) is 0 Å². The van der Waals surface area contributed by atoms with Gasteiger partial charge < -0.3 is 4.42 Å². The van der Waals surface area contributed by atoms with E-state index in [0.717, 1.165) is 28.3 Å². The Morgan fingerprint density at radius 3 is 2.28 bits per heavy atom. The zero-order valence-electron chi connectivity index (χ0n) is 13.9. The topological polar surface area (TPSA) is 43.9 Å². The summed E-state index contributed by atoms with van der Waals surface area (Å²) in [5.41, 5.74) is 4.95. The number of nitrogens with zero attached hydrogens (tertiary/aromatic N) is 3. The molecule has 0 aliphatic carbocycles. The van der Waals surface area contributed by atoms with Crippen molar-refractivity contribution in [3.8, 4) is 16.9 Å². The van der Waals surface area contributed by atoms with Gasteiger partial charge in [0.15, 0.2) is 6.39 Å². The van der Waals surface area contributed by atoms with Crippen molar-refractivity contribution in [3.63, 3.8) is 0 Å². The van der Waals surface area contributed by atoms with E-state index < -0.39 is 0 Å². The summed E-state index contributed by atoms with van der Waals surface area (Å²) >= 11 is 0. The van der Waals surface area contributed by atoms with Crippen LogP contribution >= 0.6 is 0 Å². The van der Waals surface area contributed by atoms with E-state index in [1.54, 1.807) is 6.26 Å². The summed E-state index contributed by atoms with van der Waals surface area (Å²) in [6.07, 6.45) is 3.02. The van der Waals surface area contributed by atoms with Gasteiger partial charge in [0.2, 0.25) is 0 Å². The van der Waals surface area contributed by atoms with Crippen molar-refractivity contribution in [2.24, 2.45) is 0 Å². The first kappa shape index (κ1) is 18.9. The molecule has 0 fully saturated rings. The first-order valence-electron chi connectivity index (χ1n) is 7.59. The van der Waals surface area contributed by atoms with Crippen molar-refractivity contribution < 1.29 is 25.5 Å². The third-order valence-electron chi connectivity index (χ3n) is 3.35. The fourth-order valence-corrected chi connectivity index (χ4v) is 2.29. The molecule has 0 aliphatic rings. The molecule has 2 heterocycles. The van der Waals surface area contributed by atoms with Crippen LogP contribution in [0.3, 0.4) is 0 Å². The molecule has 4 nitrogen and oxygen atoms in total. The van der Waals surface area contributed by atoms with E-state index in [2.05, 4.69) is 28.3 Å². The number of aromatic nitrogens is 3. The van der Waals surface area contributed by atoms with Crippen LogP contribution in [0, 0.1) is 26.0 Å². The normalized spacial score (nSPS) is 9.68. The zero-order valence-corrected chi connectivity index (χ0v) is 16.2. The van der Waals surface area contributed by atoms with Crippen LogP contribution in [0.4, 0.5) is 0 Å². The smallest absolute Gasteiger partial charge is 0.462 e. The van der Waals surface area contributed by atoms with Crippen molar-refractivity contribution >= 4 is 0 Å². The van der Waals surface area contributed by atoms with Crippen LogP contribution in [0.25, 0.3) is 16.9 Å². The van der Waals surface area contributed by atoms with Crippen LogP contribution in [0.5, 0.6) is 0 Å². The van der Waals surface area contributed by atoms with Gasteiger partial charge in [0, 0.05) is 11.4 Å². The number of para-hydroxylation sites is 1. The molecule has 0 saturated carbocycles. The summed E-state index contributed by atoms with van der Waals surface area (Å²) < 4.78 is 6.74. The molecule has 4 aromatic rings. The molecule has 25 heavy (non-hydrogen) atoms. The Labute approximate surface area is 161 Å². The zero-order chi connectivity index (χ0) is 16.8. The van der Waals surface area contributed by atoms with Gasteiger partial charge >= 0.3 is 21.1 Å². The third kappa shape index (κ3) is 5.01. The van der Waals surface area contributed by atoms with Gasteiger partial charge in [-0.15, -0.1) is 42.0 Å². The molecule has 2 aromatic heterocycles. The molecule has 0 bridgehead atoms. The summed E-state index contributed by atoms with van der Waals surface area (Å²) in [6.45, 7) is 4.04. The van der Waals surface area contributed by atoms with Gasteiger partial charge in [0.1, 0.15) is 0 Å². The van der Waals surface area contributed by atoms with E-state index in [1.165, 1.54) is 6.39 Å². The molecular weight excluding hydrogens is 493 g/mol. The van der Waals surface area contributed by atoms with Crippen molar-refractivity contribution in [2.75, 3.05) is 0 Å². The first-order valence-corrected chi connectivity index (χ1v) is 7.59. The molecule has 0 unspecified atom stereocenters. The summed E-state index contributed by atoms with van der Waals surface area (Å²) in [6, 6.07) is 23.7. The summed E-state index contributed by atoms with van der Waals surface area (Å²) in [7, 11) is 0. The van der Waals surface area contributed by atoms with Gasteiger partial charge in [-0.1, -0.05) is 0 Å². The van der Waals surface area contributed by atoms with Crippen molar-refractivity contribution in [2.45, 2.75) is 13.8 Å². The predicted octanol–water partition coefficient (Wildman–Crippen LogP) is 4.43. The molecule has 0 amide bonds. The van der Waals surface area contributed by atoms with Gasteiger partial charge in [-0.25, -0.2) is 0 Å². The number of benzene rings is 2. The monoisotopic (exact) mass is 510 g/mol. The minimum Gasteiger partial charge on any atom is -0.462 e. The van der Waals surface area contributed by atoms with E-state index in [4.69, 9.17) is 4.42 Å². The first-order chi connectivity index (χ1) is 11.7. The van der Waals surface area contributed by atoms with E-state index in [9.17, 15) is 0 Å². The number of oxazole rings is 1. The van der Waals surface area contributed by atoms with E-state index in [0.29, 0.717) is 0 Å². The summed E-state index contributed by atoms with van der Waals surface area (Å²) in [5.74, 6) is 0. The molecule has 2 aromatic carbocycles. The maximum absolute atomic E-state index is 4.84. The van der Waals surface area contributed by atoms with Crippen LogP contribution < -0.4 is 0 Å². The number of hydrogen-bond acceptors (Lipinski definition) is 3. The standard InChI is InChI=1S/C11H11N2.C9H6NO.Pt/c1-9-8-10(2)13(12-9)11-6-4-3-5-7-11;1-2-4-8(5-3-1)9-6-11-7-10-9;/h3-6,8H,1-2H3;1-4,6-7H;/q2*-1;+2. The van der Waals surface area contributed by atoms with E-state index >= 15 is 0 Å². The summed E-state index contributed by atoms with van der Waals surface area (Å²) in [5, 5.41) is 4.37. The molecule has 128 valence electrons. The van der Waals surface area contributed by atoms with Gasteiger partial charge in [-0.2, -0.15) is 29.4 Å². The van der Waals surface area contributed by atoms with Gasteiger partial charge in [-0.05, 0) is 25.6 Å². The van der Waals surface area contributed by atoms with Crippen LogP contribution in [0.2, 0.25) is 0 Å². The number of aryl methyl sites for hydroxylation is 2. The maximum Gasteiger partial charge on any atom is 2.00 e. The minimum absolute atomic E-state index is 0. The molecular formula is C20H17N3OPt. The van der Waals surface area contributed by atoms with Gasteiger partial charge in [0.05, 0.1) is 12.0 Å². The molecule has 0 radical (unpaired) electrons. The molecule has 0 spiro atoms. The predicted molar refractivity (Wildman–Crippen MR) is 92.6 cm³/mol. The Morgan fingerprint density at radius 1 is 1.00 bits per heavy atom. The quantitative estimate of drug-likeness (QED) is 0.375. The largest absolute Gasteiger partial charge is 2.00 e. The maximum atomic E-state index is 4.84. The van der Waals surface area contributed by atoms with Crippen LogP contribution in [-0.4, -0.2) is 14.8 Å². The molecule has 0 aliphatic heterocycles. The minimum atomic E-state index is 0. The average Bonchev–Trinajstić information content (AvgIpc) is 3.27. The fraction of sp³-hybridized carbons (Fsp3) is 0.100. The summed E-state index contributed by atoms with van der Waals surface area (Å²) in [4.78, 5) is 3.99. The average molecular weight is 510 g/mol. The Balaban J connectivity index is 0.000000175. The second-order valence-electron chi connectivity index (χ2n) is 5.24. The molecule has 0 atom stereocenters. The Morgan fingerprint density at radius 2 is 1.76 bits per heavy atom. The molecule has 4 rings (SSSR count). The van der Waals surface area contributed by atoms with Gasteiger partial charge in [0.25, 0.3) is 0 Å². The van der Waals surface area contributed by atoms with E-state index in [1.807, 2.05) is 67.1 Å². The Bertz CT molecular complexity index is 872. The Hall–Kier alpha value is -2.45. The van der Waals surface area contributed by atoms with Crippen molar-refractivity contribution in [3.05, 3.63) is 90.8 Å². The van der Waals surface area contributed by atoms with Gasteiger partial charge in [-0.3, -0.25) is 9.67 Å². The second-order valence-corrected chi connectivity index (χ2v) is 5.24. The van der Waals surface area contributed by atoms with Crippen LogP contribution in [0.15, 0.2) is 71.7 Å². The molecule has 0 N–H and O–H groups in total. The number of hydrogen-bond donors (Lipinski definition) is 0.